The molecule has 0 radical (unpaired) electrons. The number of ether oxygens (including phenoxy) is 1. The van der Waals surface area contributed by atoms with Gasteiger partial charge in [-0.05, 0) is 12.5 Å². The maximum atomic E-state index is 11.3. The van der Waals surface area contributed by atoms with Crippen molar-refractivity contribution in [2.75, 3.05) is 13.8 Å². The predicted octanol–water partition coefficient (Wildman–Crippen LogP) is -3.75. The molecule has 0 saturated carbocycles. The van der Waals surface area contributed by atoms with Crippen LogP contribution in [0.5, 0.6) is 0 Å². The molecule has 0 saturated heterocycles. The minimum Gasteiger partial charge on any atom is -0.844 e. The van der Waals surface area contributed by atoms with Crippen LogP contribution in [0.4, 0.5) is 4.39 Å². The molecule has 0 aromatic rings. The number of alkyl halides is 1. The largest absolute Gasteiger partial charge is 1.00 e. The van der Waals surface area contributed by atoms with Gasteiger partial charge in [0, 0.05) is 0 Å². The molecule has 0 aliphatic rings. The number of methoxy groups -OCH3 is 1. The third kappa shape index (κ3) is 5.17. The van der Waals surface area contributed by atoms with E-state index in [1.807, 2.05) is 0 Å². The van der Waals surface area contributed by atoms with Gasteiger partial charge in [0.15, 0.2) is 0 Å². The fourth-order valence-electron chi connectivity index (χ4n) is 0.348. The first-order valence-electron chi connectivity index (χ1n) is 2.52. The monoisotopic (exact) mass is 158 g/mol. The van der Waals surface area contributed by atoms with Crippen LogP contribution in [0, 0.1) is 0 Å². The third-order valence-electron chi connectivity index (χ3n) is 0.835. The Labute approximate surface area is 80.8 Å². The molecule has 1 atom stereocenters. The molecule has 0 bridgehead atoms. The molecular formula is C5H8FNaO3. The van der Waals surface area contributed by atoms with E-state index in [4.69, 9.17) is 0 Å². The van der Waals surface area contributed by atoms with E-state index < -0.39 is 18.7 Å². The van der Waals surface area contributed by atoms with Crippen LogP contribution < -0.4 is 34.7 Å². The summed E-state index contributed by atoms with van der Waals surface area (Å²) in [6, 6.07) is 0. The number of hydrogen-bond acceptors (Lipinski definition) is 3. The number of carbonyl (C=O) groups excluding carboxylic acids is 1. The summed E-state index contributed by atoms with van der Waals surface area (Å²) < 4.78 is 15.4. The molecule has 3 nitrogen and oxygen atoms in total. The topological polar surface area (TPSA) is 49.4 Å². The zero-order valence-electron chi connectivity index (χ0n) is 6.09. The summed E-state index contributed by atoms with van der Waals surface area (Å²) in [4.78, 5) is 10.2. The Morgan fingerprint density at radius 1 is 1.80 bits per heavy atom. The van der Waals surface area contributed by atoms with Gasteiger partial charge in [-0.25, -0.2) is 0 Å². The molecule has 0 N–H and O–H groups in total. The maximum absolute atomic E-state index is 11.3. The van der Waals surface area contributed by atoms with Crippen molar-refractivity contribution < 1.29 is 48.6 Å². The smallest absolute Gasteiger partial charge is 0.844 e. The number of halogens is 1. The summed E-state index contributed by atoms with van der Waals surface area (Å²) in [5.41, 5.74) is 0. The Kier molecular flexibility index (Phi) is 9.70. The summed E-state index contributed by atoms with van der Waals surface area (Å²) >= 11 is 0. The van der Waals surface area contributed by atoms with E-state index >= 15 is 0 Å². The van der Waals surface area contributed by atoms with Gasteiger partial charge < -0.3 is 9.84 Å². The molecule has 0 spiro atoms. The van der Waals surface area contributed by atoms with Gasteiger partial charge in [0.25, 0.3) is 5.97 Å². The van der Waals surface area contributed by atoms with E-state index in [-0.39, 0.29) is 36.0 Å². The third-order valence-corrected chi connectivity index (χ3v) is 0.835. The Bertz CT molecular complexity index is 98.9. The fraction of sp³-hybridized carbons (Fsp3) is 0.800. The average molecular weight is 158 g/mol. The van der Waals surface area contributed by atoms with Gasteiger partial charge in [-0.3, -0.25) is 9.18 Å². The van der Waals surface area contributed by atoms with Gasteiger partial charge in [0.1, 0.15) is 0 Å². The van der Waals surface area contributed by atoms with Gasteiger partial charge in [0.2, 0.25) is 0 Å². The molecule has 0 aliphatic heterocycles. The molecule has 0 rings (SSSR count). The SMILES string of the molecule is COC(=O)C([O-])CCF.[Na+]. The predicted molar refractivity (Wildman–Crippen MR) is 26.4 cm³/mol. The summed E-state index contributed by atoms with van der Waals surface area (Å²) in [6.45, 7) is -0.775. The molecule has 0 fully saturated rings. The number of carbonyl (C=O) groups is 1. The molecule has 5 heteroatoms. The van der Waals surface area contributed by atoms with Crippen molar-refractivity contribution >= 4 is 5.97 Å². The standard InChI is InChI=1S/C5H8FO3.Na/c1-9-5(8)4(7)2-3-6;/h4H,2-3H2,1H3;/q-1;+1. The number of esters is 1. The Morgan fingerprint density at radius 3 is 2.60 bits per heavy atom. The molecule has 54 valence electrons. The van der Waals surface area contributed by atoms with E-state index in [9.17, 15) is 14.3 Å². The van der Waals surface area contributed by atoms with Crippen molar-refractivity contribution in [3.63, 3.8) is 0 Å². The summed E-state index contributed by atoms with van der Waals surface area (Å²) in [6.07, 6.45) is -1.85. The minimum absolute atomic E-state index is 0. The van der Waals surface area contributed by atoms with Crippen LogP contribution in [0.25, 0.3) is 0 Å². The van der Waals surface area contributed by atoms with E-state index in [0.717, 1.165) is 7.11 Å². The van der Waals surface area contributed by atoms with Crippen LogP contribution in [0.1, 0.15) is 6.42 Å². The van der Waals surface area contributed by atoms with E-state index in [1.54, 1.807) is 0 Å². The van der Waals surface area contributed by atoms with Crippen LogP contribution in [-0.2, 0) is 9.53 Å². The minimum atomic E-state index is -1.56. The van der Waals surface area contributed by atoms with Gasteiger partial charge in [-0.2, -0.15) is 0 Å². The van der Waals surface area contributed by atoms with Gasteiger partial charge in [0.05, 0.1) is 13.8 Å². The Morgan fingerprint density at radius 2 is 2.30 bits per heavy atom. The van der Waals surface area contributed by atoms with Crippen molar-refractivity contribution in [3.8, 4) is 0 Å². The van der Waals surface area contributed by atoms with Crippen molar-refractivity contribution in [1.82, 2.24) is 0 Å². The summed E-state index contributed by atoms with van der Waals surface area (Å²) in [5.74, 6) is -0.896. The fourth-order valence-corrected chi connectivity index (χ4v) is 0.348. The Hall–Kier alpha value is 0.360. The van der Waals surface area contributed by atoms with Crippen molar-refractivity contribution in [3.05, 3.63) is 0 Å². The maximum Gasteiger partial charge on any atom is 1.00 e. The summed E-state index contributed by atoms with van der Waals surface area (Å²) in [5, 5.41) is 10.3. The van der Waals surface area contributed by atoms with Gasteiger partial charge >= 0.3 is 29.6 Å². The summed E-state index contributed by atoms with van der Waals surface area (Å²) in [7, 11) is 1.10. The molecule has 0 aromatic carbocycles. The molecule has 10 heavy (non-hydrogen) atoms. The van der Waals surface area contributed by atoms with Gasteiger partial charge in [-0.15, -0.1) is 0 Å². The van der Waals surface area contributed by atoms with Crippen LogP contribution in [0.15, 0.2) is 0 Å². The van der Waals surface area contributed by atoms with Crippen molar-refractivity contribution in [2.24, 2.45) is 0 Å². The average Bonchev–Trinajstić information content (AvgIpc) is 1.87. The zero-order valence-corrected chi connectivity index (χ0v) is 8.09. The first-order chi connectivity index (χ1) is 4.22. The Balaban J connectivity index is 0. The second-order valence-corrected chi connectivity index (χ2v) is 1.49. The van der Waals surface area contributed by atoms with E-state index in [1.165, 1.54) is 0 Å². The van der Waals surface area contributed by atoms with Crippen LogP contribution in [0.2, 0.25) is 0 Å². The first kappa shape index (κ1) is 13.0. The number of hydrogen-bond donors (Lipinski definition) is 0. The van der Waals surface area contributed by atoms with E-state index in [0.29, 0.717) is 0 Å². The molecule has 0 heterocycles. The molecular weight excluding hydrogens is 150 g/mol. The van der Waals surface area contributed by atoms with Gasteiger partial charge in [-0.1, -0.05) is 0 Å². The van der Waals surface area contributed by atoms with Crippen LogP contribution in [-0.4, -0.2) is 25.9 Å². The first-order valence-corrected chi connectivity index (χ1v) is 2.52. The second kappa shape index (κ2) is 7.47. The molecule has 0 aromatic heterocycles. The molecule has 1 unspecified atom stereocenters. The normalized spacial score (nSPS) is 11.5. The van der Waals surface area contributed by atoms with Crippen molar-refractivity contribution in [2.45, 2.75) is 12.5 Å². The van der Waals surface area contributed by atoms with E-state index in [2.05, 4.69) is 4.74 Å². The number of rotatable bonds is 3. The van der Waals surface area contributed by atoms with Crippen molar-refractivity contribution in [1.29, 1.82) is 0 Å². The molecule has 0 aliphatic carbocycles. The van der Waals surface area contributed by atoms with Crippen LogP contribution >= 0.6 is 0 Å². The van der Waals surface area contributed by atoms with Crippen LogP contribution in [0.3, 0.4) is 0 Å². The zero-order chi connectivity index (χ0) is 7.28. The molecule has 0 amide bonds. The quantitative estimate of drug-likeness (QED) is 0.313. The second-order valence-electron chi connectivity index (χ2n) is 1.49.